The summed E-state index contributed by atoms with van der Waals surface area (Å²) in [7, 11) is 0. The molecule has 0 saturated carbocycles. The van der Waals surface area contributed by atoms with Gasteiger partial charge in [-0.25, -0.2) is 4.79 Å². The second-order valence-corrected chi connectivity index (χ2v) is 9.32. The molecule has 1 aromatic heterocycles. The summed E-state index contributed by atoms with van der Waals surface area (Å²) < 4.78 is 5.26. The SMILES string of the molecule is CCCCCCOC(=O)Cc1cc(CC2C(=O)N(C(=O)C[C@H](C)c3ccccc3)[C@@H]2C(=O)O)ccn1. The number of amides is 2. The number of carboxylic acid groups (broad SMARTS) is 1. The van der Waals surface area contributed by atoms with Crippen LogP contribution in [0.3, 0.4) is 0 Å². The Hall–Kier alpha value is -3.55. The molecule has 2 aromatic rings. The number of ether oxygens (including phenoxy) is 1. The van der Waals surface area contributed by atoms with Crippen molar-refractivity contribution in [3.63, 3.8) is 0 Å². The molecule has 0 bridgehead atoms. The molecule has 0 aliphatic carbocycles. The van der Waals surface area contributed by atoms with Gasteiger partial charge < -0.3 is 9.84 Å². The fourth-order valence-electron chi connectivity index (χ4n) is 4.49. The van der Waals surface area contributed by atoms with Crippen molar-refractivity contribution in [3.8, 4) is 0 Å². The van der Waals surface area contributed by atoms with Crippen LogP contribution in [0.5, 0.6) is 0 Å². The minimum atomic E-state index is -1.21. The number of hydrogen-bond acceptors (Lipinski definition) is 6. The van der Waals surface area contributed by atoms with Crippen molar-refractivity contribution in [1.29, 1.82) is 0 Å². The van der Waals surface area contributed by atoms with Crippen molar-refractivity contribution >= 4 is 23.8 Å². The molecule has 1 saturated heterocycles. The zero-order valence-electron chi connectivity index (χ0n) is 20.9. The summed E-state index contributed by atoms with van der Waals surface area (Å²) in [4.78, 5) is 54.8. The minimum absolute atomic E-state index is 0.00454. The quantitative estimate of drug-likeness (QED) is 0.255. The number of carbonyl (C=O) groups excluding carboxylic acids is 3. The largest absolute Gasteiger partial charge is 0.480 e. The van der Waals surface area contributed by atoms with Gasteiger partial charge in [-0.1, -0.05) is 63.4 Å². The number of aliphatic carboxylic acids is 1. The van der Waals surface area contributed by atoms with E-state index < -0.39 is 29.7 Å². The van der Waals surface area contributed by atoms with Crippen molar-refractivity contribution < 1.29 is 29.0 Å². The summed E-state index contributed by atoms with van der Waals surface area (Å²) in [6.45, 7) is 4.37. The summed E-state index contributed by atoms with van der Waals surface area (Å²) in [5.41, 5.74) is 2.13. The summed E-state index contributed by atoms with van der Waals surface area (Å²) in [5.74, 6) is -3.55. The maximum absolute atomic E-state index is 12.8. The molecule has 1 N–H and O–H groups in total. The molecule has 2 amide bonds. The van der Waals surface area contributed by atoms with E-state index in [4.69, 9.17) is 4.74 Å². The lowest BCUT2D eigenvalue weighted by Crippen LogP contribution is -2.66. The second-order valence-electron chi connectivity index (χ2n) is 9.32. The number of pyridine rings is 1. The maximum Gasteiger partial charge on any atom is 0.327 e. The molecule has 3 atom stereocenters. The fraction of sp³-hybridized carbons (Fsp3) is 0.464. The molecule has 1 aromatic carbocycles. The van der Waals surface area contributed by atoms with Gasteiger partial charge in [-0.15, -0.1) is 0 Å². The van der Waals surface area contributed by atoms with E-state index in [1.54, 1.807) is 12.1 Å². The van der Waals surface area contributed by atoms with Crippen LogP contribution in [0, 0.1) is 5.92 Å². The number of likely N-dealkylation sites (tertiary alicyclic amines) is 1. The van der Waals surface area contributed by atoms with E-state index >= 15 is 0 Å². The number of esters is 1. The first-order valence-electron chi connectivity index (χ1n) is 12.5. The lowest BCUT2D eigenvalue weighted by molar-refractivity contribution is -0.177. The Balaban J connectivity index is 1.58. The molecule has 3 rings (SSSR count). The zero-order chi connectivity index (χ0) is 26.1. The number of β-lactam (4-membered cyclic amide) rings is 1. The number of aromatic nitrogens is 1. The molecule has 2 heterocycles. The van der Waals surface area contributed by atoms with Crippen molar-refractivity contribution in [2.24, 2.45) is 5.92 Å². The van der Waals surface area contributed by atoms with Crippen LogP contribution in [0.4, 0.5) is 0 Å². The predicted molar refractivity (Wildman–Crippen MR) is 133 cm³/mol. The van der Waals surface area contributed by atoms with E-state index in [1.807, 2.05) is 37.3 Å². The molecule has 0 spiro atoms. The lowest BCUT2D eigenvalue weighted by atomic mass is 9.81. The molecular weight excluding hydrogens is 460 g/mol. The average Bonchev–Trinajstić information content (AvgIpc) is 2.85. The third kappa shape index (κ3) is 6.99. The topological polar surface area (TPSA) is 114 Å². The van der Waals surface area contributed by atoms with Crippen LogP contribution >= 0.6 is 0 Å². The Bertz CT molecular complexity index is 1070. The van der Waals surface area contributed by atoms with Crippen LogP contribution in [0.25, 0.3) is 0 Å². The van der Waals surface area contributed by atoms with Gasteiger partial charge in [0.1, 0.15) is 6.04 Å². The highest BCUT2D eigenvalue weighted by Crippen LogP contribution is 2.33. The van der Waals surface area contributed by atoms with Gasteiger partial charge in [0.05, 0.1) is 24.6 Å². The van der Waals surface area contributed by atoms with Crippen molar-refractivity contribution in [2.45, 2.75) is 70.8 Å². The molecule has 8 heteroatoms. The highest BCUT2D eigenvalue weighted by atomic mass is 16.5. The Labute approximate surface area is 211 Å². The Kier molecular flexibility index (Phi) is 9.73. The van der Waals surface area contributed by atoms with Gasteiger partial charge in [-0.05, 0) is 42.0 Å². The van der Waals surface area contributed by atoms with Crippen molar-refractivity contribution in [1.82, 2.24) is 9.88 Å². The monoisotopic (exact) mass is 494 g/mol. The van der Waals surface area contributed by atoms with Crippen LogP contribution < -0.4 is 0 Å². The van der Waals surface area contributed by atoms with Crippen LogP contribution in [-0.2, 0) is 36.8 Å². The standard InChI is InChI=1S/C28H34N2O6/c1-3-4-5-9-14-36-25(32)18-22-16-20(12-13-29-22)17-23-26(28(34)35)30(27(23)33)24(31)15-19(2)21-10-7-6-8-11-21/h6-8,10-13,16,19,23,26H,3-5,9,14-15,17-18H2,1-2H3,(H,34,35)/t19-,23?,26-/m0/s1. The summed E-state index contributed by atoms with van der Waals surface area (Å²) in [5, 5.41) is 9.76. The van der Waals surface area contributed by atoms with Crippen molar-refractivity contribution in [2.75, 3.05) is 6.61 Å². The Morgan fingerprint density at radius 2 is 1.86 bits per heavy atom. The summed E-state index contributed by atoms with van der Waals surface area (Å²) >= 11 is 0. The molecule has 1 fully saturated rings. The highest BCUT2D eigenvalue weighted by molar-refractivity contribution is 6.08. The van der Waals surface area contributed by atoms with Gasteiger partial charge >= 0.3 is 11.9 Å². The van der Waals surface area contributed by atoms with Gasteiger partial charge in [0, 0.05) is 12.6 Å². The number of rotatable bonds is 13. The first kappa shape index (κ1) is 27.0. The number of carbonyl (C=O) groups is 4. The molecule has 36 heavy (non-hydrogen) atoms. The molecule has 192 valence electrons. The molecule has 0 radical (unpaired) electrons. The Morgan fingerprint density at radius 3 is 2.56 bits per heavy atom. The highest BCUT2D eigenvalue weighted by Gasteiger charge is 2.54. The molecule has 8 nitrogen and oxygen atoms in total. The van der Waals surface area contributed by atoms with Crippen LogP contribution in [-0.4, -0.2) is 51.4 Å². The van der Waals surface area contributed by atoms with Gasteiger partial charge in [0.2, 0.25) is 11.8 Å². The third-order valence-electron chi connectivity index (χ3n) is 6.51. The predicted octanol–water partition coefficient (Wildman–Crippen LogP) is 3.92. The summed E-state index contributed by atoms with van der Waals surface area (Å²) in [6, 6.07) is 11.6. The van der Waals surface area contributed by atoms with Crippen LogP contribution in [0.1, 0.15) is 68.7 Å². The molecule has 1 aliphatic heterocycles. The van der Waals surface area contributed by atoms with E-state index in [9.17, 15) is 24.3 Å². The van der Waals surface area contributed by atoms with Crippen molar-refractivity contribution in [3.05, 3.63) is 65.5 Å². The lowest BCUT2D eigenvalue weighted by Gasteiger charge is -2.43. The van der Waals surface area contributed by atoms with Gasteiger partial charge in [-0.2, -0.15) is 0 Å². The van der Waals surface area contributed by atoms with Gasteiger partial charge in [0.15, 0.2) is 0 Å². The van der Waals surface area contributed by atoms with Crippen LogP contribution in [0.15, 0.2) is 48.7 Å². The number of hydrogen-bond donors (Lipinski definition) is 1. The number of unbranched alkanes of at least 4 members (excludes halogenated alkanes) is 3. The van der Waals surface area contributed by atoms with Crippen LogP contribution in [0.2, 0.25) is 0 Å². The van der Waals surface area contributed by atoms with E-state index in [1.165, 1.54) is 6.20 Å². The second kappa shape index (κ2) is 13.0. The van der Waals surface area contributed by atoms with E-state index in [-0.39, 0.29) is 31.1 Å². The fourth-order valence-corrected chi connectivity index (χ4v) is 4.49. The number of nitrogens with zero attached hydrogens (tertiary/aromatic N) is 2. The van der Waals surface area contributed by atoms with E-state index in [2.05, 4.69) is 11.9 Å². The number of imide groups is 1. The maximum atomic E-state index is 12.8. The first-order chi connectivity index (χ1) is 17.3. The smallest absolute Gasteiger partial charge is 0.327 e. The molecule has 1 aliphatic rings. The zero-order valence-corrected chi connectivity index (χ0v) is 20.9. The molecule has 1 unspecified atom stereocenters. The Morgan fingerprint density at radius 1 is 1.11 bits per heavy atom. The first-order valence-corrected chi connectivity index (χ1v) is 12.5. The van der Waals surface area contributed by atoms with E-state index in [0.717, 1.165) is 36.1 Å². The van der Waals surface area contributed by atoms with E-state index in [0.29, 0.717) is 17.9 Å². The van der Waals surface area contributed by atoms with Gasteiger partial charge in [-0.3, -0.25) is 24.3 Å². The summed E-state index contributed by atoms with van der Waals surface area (Å²) in [6.07, 6.45) is 5.78. The normalized spacial score (nSPS) is 17.8. The van der Waals surface area contributed by atoms with Gasteiger partial charge in [0.25, 0.3) is 0 Å². The number of benzene rings is 1. The average molecular weight is 495 g/mol. The number of carboxylic acids is 1. The minimum Gasteiger partial charge on any atom is -0.480 e. The molecular formula is C28H34N2O6. The third-order valence-corrected chi connectivity index (χ3v) is 6.51.